The first-order valence-corrected chi connectivity index (χ1v) is 8.69. The Labute approximate surface area is 160 Å². The normalized spacial score (nSPS) is 10.5. The molecule has 0 bridgehead atoms. The third kappa shape index (κ3) is 4.99. The van der Waals surface area contributed by atoms with Gasteiger partial charge in [0.25, 0.3) is 5.91 Å². The molecule has 0 radical (unpaired) electrons. The predicted octanol–water partition coefficient (Wildman–Crippen LogP) is 3.39. The maximum atomic E-state index is 13.7. The van der Waals surface area contributed by atoms with Crippen molar-refractivity contribution < 1.29 is 27.5 Å². The number of pyridine rings is 1. The summed E-state index contributed by atoms with van der Waals surface area (Å²) in [5.41, 5.74) is -0.325. The fourth-order valence-corrected chi connectivity index (χ4v) is 2.48. The van der Waals surface area contributed by atoms with E-state index < -0.39 is 41.5 Å². The van der Waals surface area contributed by atoms with Crippen LogP contribution >= 0.6 is 0 Å². The van der Waals surface area contributed by atoms with Crippen LogP contribution in [0.25, 0.3) is 0 Å². The average molecular weight is 395 g/mol. The van der Waals surface area contributed by atoms with Crippen molar-refractivity contribution in [2.24, 2.45) is 0 Å². The number of benzene rings is 1. The number of anilines is 1. The Morgan fingerprint density at radius 2 is 1.89 bits per heavy atom. The van der Waals surface area contributed by atoms with Gasteiger partial charge < -0.3 is 15.0 Å². The zero-order valence-corrected chi connectivity index (χ0v) is 15.5. The fourth-order valence-electron chi connectivity index (χ4n) is 2.48. The van der Waals surface area contributed by atoms with Gasteiger partial charge in [-0.3, -0.25) is 9.59 Å². The molecular weight excluding hydrogens is 375 g/mol. The molecule has 6 nitrogen and oxygen atoms in total. The molecule has 2 aromatic rings. The van der Waals surface area contributed by atoms with Crippen LogP contribution < -0.4 is 10.1 Å². The number of carbonyl (C=O) groups is 2. The highest BCUT2D eigenvalue weighted by Gasteiger charge is 2.23. The fraction of sp³-hybridized carbons (Fsp3) is 0.316. The van der Waals surface area contributed by atoms with Gasteiger partial charge in [0.05, 0.1) is 12.3 Å². The lowest BCUT2D eigenvalue weighted by Crippen LogP contribution is -2.39. The number of hydrogen-bond donors (Lipinski definition) is 1. The Balaban J connectivity index is 2.17. The van der Waals surface area contributed by atoms with Crippen molar-refractivity contribution in [3.8, 4) is 5.88 Å². The molecule has 28 heavy (non-hydrogen) atoms. The van der Waals surface area contributed by atoms with E-state index in [4.69, 9.17) is 4.74 Å². The topological polar surface area (TPSA) is 71.5 Å². The highest BCUT2D eigenvalue weighted by molar-refractivity contribution is 6.00. The van der Waals surface area contributed by atoms with Crippen LogP contribution in [0.4, 0.5) is 18.9 Å². The van der Waals surface area contributed by atoms with Gasteiger partial charge in [-0.15, -0.1) is 0 Å². The first-order valence-electron chi connectivity index (χ1n) is 8.69. The highest BCUT2D eigenvalue weighted by atomic mass is 19.2. The maximum absolute atomic E-state index is 13.7. The quantitative estimate of drug-likeness (QED) is 0.696. The lowest BCUT2D eigenvalue weighted by atomic mass is 10.2. The number of nitrogens with one attached hydrogen (secondary N) is 1. The molecule has 0 aliphatic heterocycles. The summed E-state index contributed by atoms with van der Waals surface area (Å²) in [4.78, 5) is 30.3. The molecule has 2 rings (SSSR count). The molecule has 1 heterocycles. The van der Waals surface area contributed by atoms with Crippen LogP contribution in [-0.2, 0) is 4.79 Å². The number of carbonyl (C=O) groups excluding carboxylic acids is 2. The molecule has 9 heteroatoms. The molecule has 0 unspecified atom stereocenters. The molecular formula is C19H20F3N3O3. The molecule has 1 aromatic carbocycles. The molecule has 150 valence electrons. The molecule has 0 aliphatic rings. The minimum absolute atomic E-state index is 0.142. The van der Waals surface area contributed by atoms with Crippen molar-refractivity contribution in [2.45, 2.75) is 20.3 Å². The maximum Gasteiger partial charge on any atom is 0.259 e. The Hall–Kier alpha value is -3.10. The number of nitrogens with zero attached hydrogens (tertiary/aromatic N) is 2. The summed E-state index contributed by atoms with van der Waals surface area (Å²) < 4.78 is 45.4. The summed E-state index contributed by atoms with van der Waals surface area (Å²) in [6, 6.07) is 4.70. The van der Waals surface area contributed by atoms with E-state index in [2.05, 4.69) is 10.3 Å². The molecule has 2 amide bonds. The van der Waals surface area contributed by atoms with Crippen molar-refractivity contribution in [2.75, 3.05) is 25.0 Å². The van der Waals surface area contributed by atoms with Crippen molar-refractivity contribution in [3.05, 3.63) is 53.5 Å². The number of aromatic nitrogens is 1. The van der Waals surface area contributed by atoms with Crippen LogP contribution in [0.5, 0.6) is 5.88 Å². The van der Waals surface area contributed by atoms with Crippen LogP contribution in [0.15, 0.2) is 30.5 Å². The lowest BCUT2D eigenvalue weighted by Gasteiger charge is -2.22. The van der Waals surface area contributed by atoms with Gasteiger partial charge in [-0.05, 0) is 37.6 Å². The van der Waals surface area contributed by atoms with E-state index in [9.17, 15) is 22.8 Å². The second kappa shape index (κ2) is 9.72. The summed E-state index contributed by atoms with van der Waals surface area (Å²) in [7, 11) is 0. The van der Waals surface area contributed by atoms with E-state index in [0.717, 1.165) is 6.07 Å². The van der Waals surface area contributed by atoms with E-state index in [1.165, 1.54) is 17.2 Å². The standard InChI is InChI=1S/C19H20F3N3O3/c1-3-10-25(19(27)12-6-5-9-23-18(12)28-4-2)11-15(26)24-14-8-7-13(20)16(21)17(14)22/h5-9H,3-4,10-11H2,1-2H3,(H,24,26). The minimum Gasteiger partial charge on any atom is -0.477 e. The van der Waals surface area contributed by atoms with Gasteiger partial charge in [0, 0.05) is 12.7 Å². The lowest BCUT2D eigenvalue weighted by molar-refractivity contribution is -0.116. The molecule has 1 aromatic heterocycles. The first kappa shape index (κ1) is 21.2. The van der Waals surface area contributed by atoms with Crippen LogP contribution in [0, 0.1) is 17.5 Å². The van der Waals surface area contributed by atoms with Crippen molar-refractivity contribution in [1.82, 2.24) is 9.88 Å². The largest absolute Gasteiger partial charge is 0.477 e. The minimum atomic E-state index is -1.68. The van der Waals surface area contributed by atoms with Crippen molar-refractivity contribution >= 4 is 17.5 Å². The third-order valence-corrected chi connectivity index (χ3v) is 3.71. The Bertz CT molecular complexity index is 862. The summed E-state index contributed by atoms with van der Waals surface area (Å²) in [6.45, 7) is 3.70. The summed E-state index contributed by atoms with van der Waals surface area (Å²) in [5, 5.41) is 2.15. The predicted molar refractivity (Wildman–Crippen MR) is 96.5 cm³/mol. The summed E-state index contributed by atoms with van der Waals surface area (Å²) in [6.07, 6.45) is 2.04. The third-order valence-electron chi connectivity index (χ3n) is 3.71. The smallest absolute Gasteiger partial charge is 0.259 e. The van der Waals surface area contributed by atoms with Crippen molar-refractivity contribution in [1.29, 1.82) is 0 Å². The first-order chi connectivity index (χ1) is 13.4. The van der Waals surface area contributed by atoms with E-state index in [1.807, 2.05) is 6.92 Å². The molecule has 0 atom stereocenters. The van der Waals surface area contributed by atoms with Gasteiger partial charge >= 0.3 is 0 Å². The molecule has 0 spiro atoms. The SMILES string of the molecule is CCCN(CC(=O)Nc1ccc(F)c(F)c1F)C(=O)c1cccnc1OCC. The second-order valence-corrected chi connectivity index (χ2v) is 5.79. The Morgan fingerprint density at radius 1 is 1.14 bits per heavy atom. The zero-order chi connectivity index (χ0) is 20.7. The van der Waals surface area contributed by atoms with Gasteiger partial charge in [-0.1, -0.05) is 6.92 Å². The van der Waals surface area contributed by atoms with Gasteiger partial charge in [-0.25, -0.2) is 18.2 Å². The zero-order valence-electron chi connectivity index (χ0n) is 15.5. The Morgan fingerprint density at radius 3 is 2.57 bits per heavy atom. The summed E-state index contributed by atoms with van der Waals surface area (Å²) in [5.74, 6) is -5.65. The van der Waals surface area contributed by atoms with E-state index in [0.29, 0.717) is 19.1 Å². The average Bonchev–Trinajstić information content (AvgIpc) is 2.68. The van der Waals surface area contributed by atoms with Crippen LogP contribution in [-0.4, -0.2) is 41.4 Å². The van der Waals surface area contributed by atoms with Crippen LogP contribution in [0.1, 0.15) is 30.6 Å². The molecule has 0 aliphatic carbocycles. The van der Waals surface area contributed by atoms with Gasteiger partial charge in [-0.2, -0.15) is 0 Å². The Kier molecular flexibility index (Phi) is 7.36. The number of amides is 2. The molecule has 0 saturated carbocycles. The molecule has 0 saturated heterocycles. The number of hydrogen-bond acceptors (Lipinski definition) is 4. The van der Waals surface area contributed by atoms with E-state index in [-0.39, 0.29) is 18.0 Å². The number of halogens is 3. The van der Waals surface area contributed by atoms with Crippen LogP contribution in [0.2, 0.25) is 0 Å². The molecule has 0 fully saturated rings. The van der Waals surface area contributed by atoms with Crippen LogP contribution in [0.3, 0.4) is 0 Å². The van der Waals surface area contributed by atoms with E-state index in [1.54, 1.807) is 13.0 Å². The van der Waals surface area contributed by atoms with Gasteiger partial charge in [0.2, 0.25) is 11.8 Å². The monoisotopic (exact) mass is 395 g/mol. The van der Waals surface area contributed by atoms with Gasteiger partial charge in [0.15, 0.2) is 17.5 Å². The highest BCUT2D eigenvalue weighted by Crippen LogP contribution is 2.20. The number of ether oxygens (including phenoxy) is 1. The second-order valence-electron chi connectivity index (χ2n) is 5.79. The molecule has 1 N–H and O–H groups in total. The van der Waals surface area contributed by atoms with E-state index >= 15 is 0 Å². The number of rotatable bonds is 8. The van der Waals surface area contributed by atoms with Gasteiger partial charge in [0.1, 0.15) is 12.1 Å². The summed E-state index contributed by atoms with van der Waals surface area (Å²) >= 11 is 0. The van der Waals surface area contributed by atoms with Crippen molar-refractivity contribution in [3.63, 3.8) is 0 Å².